The second-order valence-electron chi connectivity index (χ2n) is 11.2. The van der Waals surface area contributed by atoms with Crippen molar-refractivity contribution in [2.24, 2.45) is 0 Å². The lowest BCUT2D eigenvalue weighted by atomic mass is 9.82. The van der Waals surface area contributed by atoms with E-state index >= 15 is 0 Å². The van der Waals surface area contributed by atoms with Crippen molar-refractivity contribution in [2.75, 3.05) is 4.90 Å². The van der Waals surface area contributed by atoms with Crippen LogP contribution in [0.5, 0.6) is 0 Å². The molecule has 1 aliphatic carbocycles. The van der Waals surface area contributed by atoms with Crippen LogP contribution in [-0.4, -0.2) is 0 Å². The monoisotopic (exact) mass is 595 g/mol. The van der Waals surface area contributed by atoms with Gasteiger partial charge in [0.25, 0.3) is 0 Å². The first-order valence-electron chi connectivity index (χ1n) is 23.2. The molecule has 1 aliphatic rings. The van der Waals surface area contributed by atoms with Crippen LogP contribution in [0.25, 0.3) is 55.0 Å². The SMILES string of the molecule is [2H]c1c([2H])c([2H])c(N(c2c([2H])c([2H])c3c(c2[2H])C(C)(C)c2c([2H])c([2H])c([2H])c([2H])c2-3)c2c([2H])c([2H])c([2H])c3c([2H])c([2H])c([2H])c([2H])c23)c(-c2cccc3oc4ccccc4c23)c1[2H]. The lowest BCUT2D eigenvalue weighted by Crippen LogP contribution is -2.17. The number of anilines is 3. The van der Waals surface area contributed by atoms with E-state index in [4.69, 9.17) is 19.5 Å². The van der Waals surface area contributed by atoms with Gasteiger partial charge in [-0.2, -0.15) is 0 Å². The van der Waals surface area contributed by atoms with Crippen molar-refractivity contribution in [1.82, 2.24) is 0 Å². The van der Waals surface area contributed by atoms with Gasteiger partial charge in [-0.15, -0.1) is 0 Å². The van der Waals surface area contributed by atoms with Gasteiger partial charge in [-0.25, -0.2) is 0 Å². The summed E-state index contributed by atoms with van der Waals surface area (Å²) in [4.78, 5) is 0.883. The molecule has 0 N–H and O–H groups in total. The van der Waals surface area contributed by atoms with Crippen LogP contribution in [0.3, 0.4) is 0 Å². The van der Waals surface area contributed by atoms with Crippen molar-refractivity contribution >= 4 is 49.8 Å². The molecule has 2 heteroatoms. The van der Waals surface area contributed by atoms with E-state index in [0.717, 1.165) is 4.90 Å². The summed E-state index contributed by atoms with van der Waals surface area (Å²) in [6, 6.07) is -1.21. The number of hydrogen-bond acceptors (Lipinski definition) is 2. The van der Waals surface area contributed by atoms with Crippen molar-refractivity contribution in [2.45, 2.75) is 19.3 Å². The van der Waals surface area contributed by atoms with E-state index in [9.17, 15) is 9.60 Å². The molecule has 0 saturated carbocycles. The number of rotatable bonds is 4. The summed E-state index contributed by atoms with van der Waals surface area (Å²) < 4.78 is 170. The first-order chi connectivity index (χ1) is 29.6. The Balaban J connectivity index is 1.57. The van der Waals surface area contributed by atoms with E-state index < -0.39 is 142 Å². The van der Waals surface area contributed by atoms with Gasteiger partial charge in [0.1, 0.15) is 11.2 Å². The maximum absolute atomic E-state index is 10.1. The Bertz CT molecular complexity index is 3420. The van der Waals surface area contributed by atoms with Crippen LogP contribution in [0.4, 0.5) is 17.1 Å². The zero-order valence-corrected chi connectivity index (χ0v) is 23.9. The van der Waals surface area contributed by atoms with Crippen LogP contribution in [0.15, 0.2) is 156 Å². The Kier molecular flexibility index (Phi) is 2.93. The molecule has 2 nitrogen and oxygen atoms in total. The molecule has 0 radical (unpaired) electrons. The van der Waals surface area contributed by atoms with E-state index in [1.54, 1.807) is 56.3 Å². The fourth-order valence-electron chi connectivity index (χ4n) is 6.21. The Morgan fingerprint density at radius 1 is 0.556 bits per heavy atom. The predicted octanol–water partition coefficient (Wildman–Crippen LogP) is 12.2. The van der Waals surface area contributed by atoms with Crippen LogP contribution in [0, 0.1) is 0 Å². The third-order valence-corrected chi connectivity index (χ3v) is 8.29. The molecule has 0 saturated heterocycles. The highest BCUT2D eigenvalue weighted by Crippen LogP contribution is 2.52. The fraction of sp³-hybridized carbons (Fsp3) is 0.0698. The summed E-state index contributed by atoms with van der Waals surface area (Å²) in [6.45, 7) is 3.13. The summed E-state index contributed by atoms with van der Waals surface area (Å²) in [5.74, 6) is 0. The lowest BCUT2D eigenvalue weighted by molar-refractivity contribution is 0.660. The highest BCUT2D eigenvalue weighted by Gasteiger charge is 2.36. The van der Waals surface area contributed by atoms with Gasteiger partial charge in [0.2, 0.25) is 0 Å². The number of benzene rings is 7. The molecule has 8 aromatic rings. The van der Waals surface area contributed by atoms with Crippen molar-refractivity contribution in [1.29, 1.82) is 0 Å². The highest BCUT2D eigenvalue weighted by atomic mass is 16.3. The Labute approximate surface area is 288 Å². The molecule has 45 heavy (non-hydrogen) atoms. The summed E-state index contributed by atoms with van der Waals surface area (Å²) in [5.41, 5.74) is -3.05. The standard InChI is InChI=1S/C43H31NO/c1-43(2)36-20-8-5-16-31(36)32-26-25-29(27-37(32)43)44(38-22-11-14-28-13-3-4-15-30(28)38)39-21-9-6-17-33(39)34-19-12-24-41-42(34)35-18-7-10-23-40(35)45-41/h3-27H,1-2H3/i3D,4D,5D,6D,8D,9D,11D,13D,14D,15D,16D,17D,20D,21D,22D,25D,26D,27D. The first kappa shape index (κ1) is 13.6. The average Bonchev–Trinajstić information content (AvgIpc) is 3.76. The highest BCUT2D eigenvalue weighted by molar-refractivity contribution is 6.14. The number of fused-ring (bicyclic) bond motifs is 7. The van der Waals surface area contributed by atoms with Crippen LogP contribution < -0.4 is 4.90 Å². The van der Waals surface area contributed by atoms with Crippen molar-refractivity contribution in [3.05, 3.63) is 162 Å². The topological polar surface area (TPSA) is 16.4 Å². The van der Waals surface area contributed by atoms with Gasteiger partial charge < -0.3 is 9.32 Å². The van der Waals surface area contributed by atoms with Crippen LogP contribution in [-0.2, 0) is 5.41 Å². The molecule has 0 atom stereocenters. The minimum absolute atomic E-state index is 0.0298. The van der Waals surface area contributed by atoms with Gasteiger partial charge in [-0.05, 0) is 69.5 Å². The van der Waals surface area contributed by atoms with Crippen molar-refractivity contribution in [3.63, 3.8) is 0 Å². The molecule has 1 heterocycles. The Morgan fingerprint density at radius 2 is 1.27 bits per heavy atom. The van der Waals surface area contributed by atoms with Crippen LogP contribution in [0.1, 0.15) is 49.6 Å². The molecule has 0 spiro atoms. The van der Waals surface area contributed by atoms with E-state index in [0.29, 0.717) is 21.9 Å². The maximum atomic E-state index is 10.1. The molecule has 9 rings (SSSR count). The van der Waals surface area contributed by atoms with Gasteiger partial charge in [-0.3, -0.25) is 0 Å². The average molecular weight is 596 g/mol. The number of hydrogen-bond donors (Lipinski definition) is 0. The van der Waals surface area contributed by atoms with Gasteiger partial charge in [0.15, 0.2) is 0 Å². The molecule has 7 aromatic carbocycles. The molecular weight excluding hydrogens is 546 g/mol. The molecule has 0 amide bonds. The van der Waals surface area contributed by atoms with Gasteiger partial charge in [0, 0.05) is 32.8 Å². The molecule has 1 aromatic heterocycles. The lowest BCUT2D eigenvalue weighted by Gasteiger charge is -2.30. The second-order valence-corrected chi connectivity index (χ2v) is 11.2. The van der Waals surface area contributed by atoms with E-state index in [-0.39, 0.29) is 33.4 Å². The Hall–Kier alpha value is -5.60. The summed E-state index contributed by atoms with van der Waals surface area (Å²) in [7, 11) is 0. The van der Waals surface area contributed by atoms with Crippen molar-refractivity contribution in [3.8, 4) is 22.3 Å². The molecule has 0 fully saturated rings. The van der Waals surface area contributed by atoms with Gasteiger partial charge >= 0.3 is 0 Å². The van der Waals surface area contributed by atoms with Gasteiger partial charge in [-0.1, -0.05) is 129 Å². The molecule has 214 valence electrons. The largest absolute Gasteiger partial charge is 0.456 e. The van der Waals surface area contributed by atoms with E-state index in [1.807, 2.05) is 0 Å². The molecule has 0 bridgehead atoms. The normalized spacial score (nSPS) is 18.9. The molecule has 0 aliphatic heterocycles. The van der Waals surface area contributed by atoms with Crippen LogP contribution >= 0.6 is 0 Å². The van der Waals surface area contributed by atoms with Gasteiger partial charge in [0.05, 0.1) is 36.0 Å². The predicted molar refractivity (Wildman–Crippen MR) is 189 cm³/mol. The summed E-state index contributed by atoms with van der Waals surface area (Å²) >= 11 is 0. The van der Waals surface area contributed by atoms with Crippen molar-refractivity contribution < 1.29 is 29.1 Å². The van der Waals surface area contributed by atoms with E-state index in [2.05, 4.69) is 0 Å². The zero-order valence-electron chi connectivity index (χ0n) is 41.9. The van der Waals surface area contributed by atoms with Crippen LogP contribution in [0.2, 0.25) is 0 Å². The minimum Gasteiger partial charge on any atom is -0.456 e. The Morgan fingerprint density at radius 3 is 2.20 bits per heavy atom. The fourth-order valence-corrected chi connectivity index (χ4v) is 6.21. The third-order valence-electron chi connectivity index (χ3n) is 8.29. The third kappa shape index (κ3) is 3.82. The maximum Gasteiger partial charge on any atom is 0.136 e. The summed E-state index contributed by atoms with van der Waals surface area (Å²) in [6.07, 6.45) is 0. The number of furan rings is 1. The number of nitrogens with zero attached hydrogens (tertiary/aromatic N) is 1. The summed E-state index contributed by atoms with van der Waals surface area (Å²) in [5, 5.41) is -0.167. The van der Waals surface area contributed by atoms with E-state index in [1.165, 1.54) is 0 Å². The first-order valence-corrected chi connectivity index (χ1v) is 14.2. The smallest absolute Gasteiger partial charge is 0.136 e. The zero-order chi connectivity index (χ0) is 45.8. The molecule has 0 unspecified atom stereocenters. The quantitative estimate of drug-likeness (QED) is 0.201. The minimum atomic E-state index is -1.50. The molecular formula is C43H31NO. The second kappa shape index (κ2) is 9.70. The number of para-hydroxylation sites is 2.